The third-order valence-corrected chi connectivity index (χ3v) is 2.86. The summed E-state index contributed by atoms with van der Waals surface area (Å²) in [6.45, 7) is 3.95. The van der Waals surface area contributed by atoms with Crippen molar-refractivity contribution in [2.24, 2.45) is 0 Å². The zero-order valence-electron chi connectivity index (χ0n) is 10.2. The third-order valence-electron chi connectivity index (χ3n) is 2.86. The minimum Gasteiger partial charge on any atom is -0.478 e. The first-order valence-electron chi connectivity index (χ1n) is 5.40. The minimum absolute atomic E-state index is 0. The maximum Gasteiger partial charge on any atom is 0.335 e. The van der Waals surface area contributed by atoms with Crippen LogP contribution in [-0.2, 0) is 6.42 Å². The summed E-state index contributed by atoms with van der Waals surface area (Å²) in [6, 6.07) is 6.94. The largest absolute Gasteiger partial charge is 0.478 e. The van der Waals surface area contributed by atoms with Gasteiger partial charge in [-0.1, -0.05) is 12.1 Å². The van der Waals surface area contributed by atoms with E-state index in [9.17, 15) is 4.79 Å². The molecule has 0 radical (unpaired) electrons. The molecule has 0 spiro atoms. The molecule has 1 heterocycles. The predicted octanol–water partition coefficient (Wildman–Crippen LogP) is 2.74. The Labute approximate surface area is 111 Å². The van der Waals surface area contributed by atoms with Crippen LogP contribution in [-0.4, -0.2) is 21.3 Å². The number of hydrogen-bond donors (Lipinski definition) is 2. The van der Waals surface area contributed by atoms with Crippen molar-refractivity contribution in [2.45, 2.75) is 20.3 Å². The van der Waals surface area contributed by atoms with Crippen LogP contribution in [0.25, 0.3) is 0 Å². The Bertz CT molecular complexity index is 527. The van der Waals surface area contributed by atoms with Crippen LogP contribution in [0.3, 0.4) is 0 Å². The molecule has 0 aliphatic carbocycles. The smallest absolute Gasteiger partial charge is 0.335 e. The average molecular weight is 267 g/mol. The van der Waals surface area contributed by atoms with Gasteiger partial charge in [-0.15, -0.1) is 12.4 Å². The van der Waals surface area contributed by atoms with Crippen LogP contribution in [0.15, 0.2) is 24.3 Å². The van der Waals surface area contributed by atoms with E-state index in [2.05, 4.69) is 10.2 Å². The summed E-state index contributed by atoms with van der Waals surface area (Å²) in [6.07, 6.45) is 0.772. The summed E-state index contributed by atoms with van der Waals surface area (Å²) in [7, 11) is 0. The summed E-state index contributed by atoms with van der Waals surface area (Å²) in [5.41, 5.74) is 4.62. The quantitative estimate of drug-likeness (QED) is 0.898. The SMILES string of the molecule is Cc1n[nH]c(C)c1Cc1ccc(C(=O)O)cc1.Cl. The van der Waals surface area contributed by atoms with Crippen LogP contribution in [0.4, 0.5) is 0 Å². The molecule has 4 nitrogen and oxygen atoms in total. The number of aromatic amines is 1. The van der Waals surface area contributed by atoms with E-state index in [0.717, 1.165) is 23.4 Å². The van der Waals surface area contributed by atoms with Crippen LogP contribution >= 0.6 is 12.4 Å². The fourth-order valence-electron chi connectivity index (χ4n) is 1.80. The Kier molecular flexibility index (Phi) is 4.50. The van der Waals surface area contributed by atoms with Crippen LogP contribution in [0.2, 0.25) is 0 Å². The molecule has 1 aromatic carbocycles. The number of benzene rings is 1. The van der Waals surface area contributed by atoms with Gasteiger partial charge in [0.2, 0.25) is 0 Å². The lowest BCUT2D eigenvalue weighted by Gasteiger charge is -2.02. The molecular weight excluding hydrogens is 252 g/mol. The van der Waals surface area contributed by atoms with Gasteiger partial charge in [0.1, 0.15) is 0 Å². The number of aryl methyl sites for hydroxylation is 2. The Hall–Kier alpha value is -1.81. The van der Waals surface area contributed by atoms with Crippen molar-refractivity contribution in [2.75, 3.05) is 0 Å². The number of halogens is 1. The highest BCUT2D eigenvalue weighted by Crippen LogP contribution is 2.15. The van der Waals surface area contributed by atoms with E-state index in [0.29, 0.717) is 5.56 Å². The van der Waals surface area contributed by atoms with Crippen molar-refractivity contribution in [1.29, 1.82) is 0 Å². The molecule has 0 amide bonds. The topological polar surface area (TPSA) is 66.0 Å². The van der Waals surface area contributed by atoms with Crippen molar-refractivity contribution >= 4 is 18.4 Å². The second kappa shape index (κ2) is 5.69. The predicted molar refractivity (Wildman–Crippen MR) is 71.5 cm³/mol. The lowest BCUT2D eigenvalue weighted by Crippen LogP contribution is -1.97. The molecule has 5 heteroatoms. The Morgan fingerprint density at radius 3 is 2.33 bits per heavy atom. The third kappa shape index (κ3) is 2.90. The second-order valence-corrected chi connectivity index (χ2v) is 4.09. The summed E-state index contributed by atoms with van der Waals surface area (Å²) >= 11 is 0. The molecule has 0 aliphatic rings. The molecule has 2 aromatic rings. The van der Waals surface area contributed by atoms with Gasteiger partial charge in [0.25, 0.3) is 0 Å². The molecule has 0 unspecified atom stereocenters. The maximum atomic E-state index is 10.7. The molecule has 0 aliphatic heterocycles. The fourth-order valence-corrected chi connectivity index (χ4v) is 1.80. The van der Waals surface area contributed by atoms with E-state index in [1.54, 1.807) is 12.1 Å². The standard InChI is InChI=1S/C13H14N2O2.ClH/c1-8-12(9(2)15-14-8)7-10-3-5-11(6-4-10)13(16)17;/h3-6H,7H2,1-2H3,(H,14,15)(H,16,17);1H. The zero-order chi connectivity index (χ0) is 12.4. The number of carbonyl (C=O) groups is 1. The number of hydrogen-bond acceptors (Lipinski definition) is 2. The molecule has 0 atom stereocenters. The highest BCUT2D eigenvalue weighted by Gasteiger charge is 2.08. The van der Waals surface area contributed by atoms with Crippen molar-refractivity contribution in [1.82, 2.24) is 10.2 Å². The lowest BCUT2D eigenvalue weighted by atomic mass is 10.0. The molecule has 0 saturated heterocycles. The zero-order valence-corrected chi connectivity index (χ0v) is 11.0. The van der Waals surface area contributed by atoms with Crippen molar-refractivity contribution < 1.29 is 9.90 Å². The molecule has 1 aromatic heterocycles. The summed E-state index contributed by atoms with van der Waals surface area (Å²) in [5, 5.41) is 15.9. The molecule has 2 N–H and O–H groups in total. The number of nitrogens with zero attached hydrogens (tertiary/aromatic N) is 1. The lowest BCUT2D eigenvalue weighted by molar-refractivity contribution is 0.0697. The number of rotatable bonds is 3. The van der Waals surface area contributed by atoms with E-state index in [1.165, 1.54) is 5.56 Å². The first-order valence-corrected chi connectivity index (χ1v) is 5.40. The number of aromatic carboxylic acids is 1. The molecule has 18 heavy (non-hydrogen) atoms. The first kappa shape index (κ1) is 14.3. The van der Waals surface area contributed by atoms with Crippen LogP contribution in [0, 0.1) is 13.8 Å². The van der Waals surface area contributed by atoms with Gasteiger partial charge in [-0.2, -0.15) is 5.10 Å². The number of carboxylic acids is 1. The number of carboxylic acid groups (broad SMARTS) is 1. The average Bonchev–Trinajstić information content (AvgIpc) is 2.61. The number of nitrogens with one attached hydrogen (secondary N) is 1. The van der Waals surface area contributed by atoms with Gasteiger partial charge >= 0.3 is 5.97 Å². The normalized spacial score (nSPS) is 9.89. The van der Waals surface area contributed by atoms with Gasteiger partial charge in [0.05, 0.1) is 11.3 Å². The summed E-state index contributed by atoms with van der Waals surface area (Å²) in [5.74, 6) is -0.896. The molecule has 0 bridgehead atoms. The molecule has 96 valence electrons. The van der Waals surface area contributed by atoms with Gasteiger partial charge in [-0.25, -0.2) is 4.79 Å². The van der Waals surface area contributed by atoms with Gasteiger partial charge in [-0.05, 0) is 31.5 Å². The highest BCUT2D eigenvalue weighted by atomic mass is 35.5. The fraction of sp³-hybridized carbons (Fsp3) is 0.231. The molecule has 0 fully saturated rings. The van der Waals surface area contributed by atoms with Crippen molar-refractivity contribution in [3.8, 4) is 0 Å². The second-order valence-electron chi connectivity index (χ2n) is 4.09. The van der Waals surface area contributed by atoms with Gasteiger partial charge in [-0.3, -0.25) is 5.10 Å². The van der Waals surface area contributed by atoms with E-state index < -0.39 is 5.97 Å². The van der Waals surface area contributed by atoms with Crippen molar-refractivity contribution in [3.05, 3.63) is 52.3 Å². The monoisotopic (exact) mass is 266 g/mol. The molecular formula is C13H15ClN2O2. The maximum absolute atomic E-state index is 10.7. The minimum atomic E-state index is -0.896. The van der Waals surface area contributed by atoms with E-state index in [-0.39, 0.29) is 12.4 Å². The Morgan fingerprint density at radius 1 is 1.28 bits per heavy atom. The van der Waals surface area contributed by atoms with Crippen LogP contribution in [0.5, 0.6) is 0 Å². The summed E-state index contributed by atoms with van der Waals surface area (Å²) in [4.78, 5) is 10.7. The van der Waals surface area contributed by atoms with E-state index >= 15 is 0 Å². The van der Waals surface area contributed by atoms with Crippen LogP contribution in [0.1, 0.15) is 32.9 Å². The van der Waals surface area contributed by atoms with Gasteiger partial charge < -0.3 is 5.11 Å². The van der Waals surface area contributed by atoms with E-state index in [4.69, 9.17) is 5.11 Å². The number of H-pyrrole nitrogens is 1. The number of aromatic nitrogens is 2. The summed E-state index contributed by atoms with van der Waals surface area (Å²) < 4.78 is 0. The molecule has 2 rings (SSSR count). The highest BCUT2D eigenvalue weighted by molar-refractivity contribution is 5.87. The Morgan fingerprint density at radius 2 is 1.89 bits per heavy atom. The van der Waals surface area contributed by atoms with Gasteiger partial charge in [0, 0.05) is 17.7 Å². The molecule has 0 saturated carbocycles. The Balaban J connectivity index is 0.00000162. The van der Waals surface area contributed by atoms with Gasteiger partial charge in [0.15, 0.2) is 0 Å². The van der Waals surface area contributed by atoms with Crippen molar-refractivity contribution in [3.63, 3.8) is 0 Å². The first-order chi connectivity index (χ1) is 8.08. The van der Waals surface area contributed by atoms with Crippen LogP contribution < -0.4 is 0 Å². The van der Waals surface area contributed by atoms with E-state index in [1.807, 2.05) is 26.0 Å².